The lowest BCUT2D eigenvalue weighted by Gasteiger charge is -2.18. The quantitative estimate of drug-likeness (QED) is 0.172. The van der Waals surface area contributed by atoms with Crippen LogP contribution in [-0.4, -0.2) is 55.3 Å². The van der Waals surface area contributed by atoms with Crippen LogP contribution >= 0.6 is 0 Å². The van der Waals surface area contributed by atoms with Crippen molar-refractivity contribution < 1.29 is 14.4 Å². The lowest BCUT2D eigenvalue weighted by Crippen LogP contribution is -2.34. The Kier molecular flexibility index (Phi) is 10.3. The third-order valence-corrected chi connectivity index (χ3v) is 7.18. The number of unbranched alkanes of at least 4 members (excludes halogenated alkanes) is 1. The van der Waals surface area contributed by atoms with E-state index in [9.17, 15) is 14.4 Å². The molecular weight excluding hydrogens is 514 g/mol. The van der Waals surface area contributed by atoms with E-state index in [2.05, 4.69) is 46.9 Å². The number of amides is 3. The Morgan fingerprint density at radius 2 is 1.44 bits per heavy atom. The van der Waals surface area contributed by atoms with Crippen LogP contribution in [0.3, 0.4) is 0 Å². The lowest BCUT2D eigenvalue weighted by molar-refractivity contribution is -0.110. The van der Waals surface area contributed by atoms with Crippen LogP contribution in [0.25, 0.3) is 11.3 Å². The van der Waals surface area contributed by atoms with Gasteiger partial charge in [0.05, 0.1) is 11.3 Å². The average Bonchev–Trinajstić information content (AvgIpc) is 3.33. The Morgan fingerprint density at radius 1 is 0.780 bits per heavy atom. The summed E-state index contributed by atoms with van der Waals surface area (Å²) in [6.45, 7) is 10.2. The van der Waals surface area contributed by atoms with Gasteiger partial charge in [0.25, 0.3) is 17.7 Å². The molecule has 0 unspecified atom stereocenters. The molecule has 3 amide bonds. The number of carbonyl (C=O) groups excluding carboxylic acids is 3. The van der Waals surface area contributed by atoms with Gasteiger partial charge in [-0.3, -0.25) is 14.4 Å². The SMILES string of the molecule is CCCCNC(=O)c1ccc2c(c1)/C(=C(/Nc1ccc(C(=O)NCCN(CC)CC)cc1)c1ccccc1)C(=O)N2. The van der Waals surface area contributed by atoms with Crippen molar-refractivity contribution >= 4 is 40.4 Å². The van der Waals surface area contributed by atoms with E-state index in [1.54, 1.807) is 30.3 Å². The highest BCUT2D eigenvalue weighted by Gasteiger charge is 2.29. The minimum Gasteiger partial charge on any atom is -0.354 e. The maximum atomic E-state index is 13.3. The zero-order chi connectivity index (χ0) is 29.2. The number of hydrogen-bond acceptors (Lipinski definition) is 5. The molecule has 214 valence electrons. The summed E-state index contributed by atoms with van der Waals surface area (Å²) in [7, 11) is 0. The fraction of sp³-hybridized carbons (Fsp3) is 0.303. The molecule has 1 heterocycles. The number of nitrogens with one attached hydrogen (secondary N) is 4. The molecule has 41 heavy (non-hydrogen) atoms. The van der Waals surface area contributed by atoms with Gasteiger partial charge in [-0.2, -0.15) is 0 Å². The molecule has 0 bridgehead atoms. The first-order valence-corrected chi connectivity index (χ1v) is 14.4. The Balaban J connectivity index is 1.61. The van der Waals surface area contributed by atoms with Crippen LogP contribution in [0.4, 0.5) is 11.4 Å². The molecule has 0 spiro atoms. The van der Waals surface area contributed by atoms with Gasteiger partial charge in [-0.05, 0) is 67.5 Å². The summed E-state index contributed by atoms with van der Waals surface area (Å²) in [4.78, 5) is 41.0. The van der Waals surface area contributed by atoms with Crippen LogP contribution in [0.15, 0.2) is 72.8 Å². The molecule has 8 nitrogen and oxygen atoms in total. The second kappa shape index (κ2) is 14.3. The summed E-state index contributed by atoms with van der Waals surface area (Å²) >= 11 is 0. The maximum Gasteiger partial charge on any atom is 0.258 e. The number of rotatable bonds is 13. The molecule has 4 rings (SSSR count). The van der Waals surface area contributed by atoms with Gasteiger partial charge >= 0.3 is 0 Å². The second-order valence-electron chi connectivity index (χ2n) is 9.93. The van der Waals surface area contributed by atoms with Gasteiger partial charge in [0.1, 0.15) is 0 Å². The highest BCUT2D eigenvalue weighted by Crippen LogP contribution is 2.38. The van der Waals surface area contributed by atoms with E-state index in [1.165, 1.54) is 0 Å². The highest BCUT2D eigenvalue weighted by atomic mass is 16.2. The molecule has 1 aliphatic heterocycles. The summed E-state index contributed by atoms with van der Waals surface area (Å²) in [5.41, 5.74) is 4.99. The zero-order valence-corrected chi connectivity index (χ0v) is 24.0. The van der Waals surface area contributed by atoms with Crippen LogP contribution in [-0.2, 0) is 4.79 Å². The number of anilines is 2. The van der Waals surface area contributed by atoms with Crippen molar-refractivity contribution in [2.45, 2.75) is 33.6 Å². The third kappa shape index (κ3) is 7.41. The van der Waals surface area contributed by atoms with Gasteiger partial charge < -0.3 is 26.2 Å². The third-order valence-electron chi connectivity index (χ3n) is 7.18. The van der Waals surface area contributed by atoms with Crippen LogP contribution in [0.2, 0.25) is 0 Å². The van der Waals surface area contributed by atoms with E-state index in [0.29, 0.717) is 46.7 Å². The van der Waals surface area contributed by atoms with Crippen molar-refractivity contribution in [3.8, 4) is 0 Å². The number of carbonyl (C=O) groups is 3. The van der Waals surface area contributed by atoms with Gasteiger partial charge in [0, 0.05) is 47.7 Å². The van der Waals surface area contributed by atoms with Crippen molar-refractivity contribution in [2.75, 3.05) is 43.4 Å². The number of fused-ring (bicyclic) bond motifs is 1. The summed E-state index contributed by atoms with van der Waals surface area (Å²) in [6, 6.07) is 22.1. The fourth-order valence-corrected chi connectivity index (χ4v) is 4.74. The standard InChI is InChI=1S/C33H39N5O3/c1-4-7-19-34-32(40)25-15-18-28-27(22-25)29(33(41)37-28)30(23-11-9-8-10-12-23)36-26-16-13-24(14-17-26)31(39)35-20-21-38(5-2)6-3/h8-18,22,36H,4-7,19-21H2,1-3H3,(H,34,40)(H,35,39)(H,37,41)/b30-29-. The molecule has 3 aromatic carbocycles. The van der Waals surface area contributed by atoms with E-state index in [0.717, 1.165) is 43.7 Å². The van der Waals surface area contributed by atoms with Gasteiger partial charge in [0.2, 0.25) is 0 Å². The lowest BCUT2D eigenvalue weighted by atomic mass is 9.98. The topological polar surface area (TPSA) is 103 Å². The van der Waals surface area contributed by atoms with E-state index in [4.69, 9.17) is 0 Å². The zero-order valence-electron chi connectivity index (χ0n) is 24.0. The molecule has 8 heteroatoms. The molecule has 0 saturated carbocycles. The molecular formula is C33H39N5O3. The Bertz CT molecular complexity index is 1400. The molecule has 3 aromatic rings. The van der Waals surface area contributed by atoms with Crippen molar-refractivity contribution in [2.24, 2.45) is 0 Å². The van der Waals surface area contributed by atoms with Gasteiger partial charge in [-0.15, -0.1) is 0 Å². The number of hydrogen-bond donors (Lipinski definition) is 4. The second-order valence-corrected chi connectivity index (χ2v) is 9.93. The molecule has 0 saturated heterocycles. The normalized spacial score (nSPS) is 13.4. The van der Waals surface area contributed by atoms with E-state index in [1.807, 2.05) is 42.5 Å². The van der Waals surface area contributed by atoms with Gasteiger partial charge in [0.15, 0.2) is 0 Å². The molecule has 0 aromatic heterocycles. The fourth-order valence-electron chi connectivity index (χ4n) is 4.74. The average molecular weight is 554 g/mol. The van der Waals surface area contributed by atoms with E-state index < -0.39 is 0 Å². The first kappa shape index (κ1) is 29.6. The minimum absolute atomic E-state index is 0.126. The maximum absolute atomic E-state index is 13.3. The number of benzene rings is 3. The Hall–Kier alpha value is -4.43. The smallest absolute Gasteiger partial charge is 0.258 e. The monoisotopic (exact) mass is 553 g/mol. The van der Waals surface area contributed by atoms with Crippen molar-refractivity contribution in [3.63, 3.8) is 0 Å². The summed E-state index contributed by atoms with van der Waals surface area (Å²) in [5.74, 6) is -0.543. The van der Waals surface area contributed by atoms with Crippen LogP contribution in [0, 0.1) is 0 Å². The van der Waals surface area contributed by atoms with Gasteiger partial charge in [-0.25, -0.2) is 0 Å². The first-order valence-electron chi connectivity index (χ1n) is 14.4. The minimum atomic E-state index is -0.251. The predicted octanol–water partition coefficient (Wildman–Crippen LogP) is 5.22. The van der Waals surface area contributed by atoms with Crippen molar-refractivity contribution in [1.82, 2.24) is 15.5 Å². The van der Waals surface area contributed by atoms with Crippen LogP contribution < -0.4 is 21.3 Å². The van der Waals surface area contributed by atoms with Crippen molar-refractivity contribution in [3.05, 3.63) is 95.1 Å². The number of likely N-dealkylation sites (N-methyl/N-ethyl adjacent to an activating group) is 1. The molecule has 0 aliphatic carbocycles. The summed E-state index contributed by atoms with van der Waals surface area (Å²) in [5, 5.41) is 12.3. The number of nitrogens with zero attached hydrogens (tertiary/aromatic N) is 1. The molecule has 0 atom stereocenters. The molecule has 4 N–H and O–H groups in total. The largest absolute Gasteiger partial charge is 0.354 e. The highest BCUT2D eigenvalue weighted by molar-refractivity contribution is 6.37. The predicted molar refractivity (Wildman–Crippen MR) is 166 cm³/mol. The molecule has 1 aliphatic rings. The van der Waals surface area contributed by atoms with E-state index in [-0.39, 0.29) is 17.7 Å². The van der Waals surface area contributed by atoms with Gasteiger partial charge in [-0.1, -0.05) is 57.5 Å². The van der Waals surface area contributed by atoms with Crippen molar-refractivity contribution in [1.29, 1.82) is 0 Å². The van der Waals surface area contributed by atoms with E-state index >= 15 is 0 Å². The van der Waals surface area contributed by atoms with Crippen LogP contribution in [0.1, 0.15) is 65.5 Å². The summed E-state index contributed by atoms with van der Waals surface area (Å²) < 4.78 is 0. The first-order chi connectivity index (χ1) is 19.9. The molecule has 0 fully saturated rings. The molecule has 0 radical (unpaired) electrons. The Labute approximate surface area is 242 Å². The van der Waals surface area contributed by atoms with Crippen LogP contribution in [0.5, 0.6) is 0 Å². The summed E-state index contributed by atoms with van der Waals surface area (Å²) in [6.07, 6.45) is 1.89. The Morgan fingerprint density at radius 3 is 2.12 bits per heavy atom.